The number of benzene rings is 1. The van der Waals surface area contributed by atoms with Gasteiger partial charge in [-0.3, -0.25) is 14.4 Å². The SMILES string of the molecule is CCCCNC(=O)C1N([C@H](CO)c2ccccc2)C(=O)[C@@H]2[C@@H](C(=O)OCC)[C@@]3(CC)CCC12O3. The van der Waals surface area contributed by atoms with Crippen molar-refractivity contribution in [2.45, 2.75) is 76.2 Å². The van der Waals surface area contributed by atoms with E-state index in [-0.39, 0.29) is 25.0 Å². The number of likely N-dealkylation sites (tertiary alicyclic amines) is 1. The highest BCUT2D eigenvalue weighted by atomic mass is 16.6. The number of fused-ring (bicyclic) bond motifs is 1. The van der Waals surface area contributed by atoms with E-state index in [9.17, 15) is 19.5 Å². The maximum absolute atomic E-state index is 14.1. The third-order valence-corrected chi connectivity index (χ3v) is 7.93. The van der Waals surface area contributed by atoms with E-state index in [1.54, 1.807) is 6.92 Å². The molecule has 6 atom stereocenters. The summed E-state index contributed by atoms with van der Waals surface area (Å²) in [5.41, 5.74) is -1.21. The number of rotatable bonds is 10. The minimum Gasteiger partial charge on any atom is -0.466 e. The number of hydrogen-bond donors (Lipinski definition) is 2. The molecule has 186 valence electrons. The lowest BCUT2D eigenvalue weighted by Crippen LogP contribution is -2.56. The fourth-order valence-corrected chi connectivity index (χ4v) is 6.40. The molecular formula is C26H36N2O6. The Hall–Kier alpha value is -2.45. The number of hydrogen-bond acceptors (Lipinski definition) is 6. The maximum atomic E-state index is 14.1. The van der Waals surface area contributed by atoms with Crippen LogP contribution in [0.4, 0.5) is 0 Å². The molecule has 3 saturated heterocycles. The number of nitrogens with zero attached hydrogens (tertiary/aromatic N) is 1. The molecule has 1 spiro atoms. The molecule has 1 aromatic carbocycles. The van der Waals surface area contributed by atoms with E-state index in [2.05, 4.69) is 5.32 Å². The molecule has 34 heavy (non-hydrogen) atoms. The molecule has 3 aliphatic heterocycles. The summed E-state index contributed by atoms with van der Waals surface area (Å²) in [5, 5.41) is 13.4. The zero-order chi connectivity index (χ0) is 24.5. The first kappa shape index (κ1) is 24.7. The van der Waals surface area contributed by atoms with Crippen LogP contribution < -0.4 is 5.32 Å². The van der Waals surface area contributed by atoms with Gasteiger partial charge in [0.1, 0.15) is 17.6 Å². The van der Waals surface area contributed by atoms with Gasteiger partial charge in [-0.1, -0.05) is 50.6 Å². The Morgan fingerprint density at radius 3 is 2.59 bits per heavy atom. The molecule has 2 unspecified atom stereocenters. The summed E-state index contributed by atoms with van der Waals surface area (Å²) in [5.74, 6) is -2.66. The summed E-state index contributed by atoms with van der Waals surface area (Å²) in [4.78, 5) is 42.4. The number of esters is 1. The third-order valence-electron chi connectivity index (χ3n) is 7.93. The first-order valence-electron chi connectivity index (χ1n) is 12.5. The first-order valence-corrected chi connectivity index (χ1v) is 12.5. The van der Waals surface area contributed by atoms with E-state index >= 15 is 0 Å². The number of carbonyl (C=O) groups excluding carboxylic acids is 3. The first-order chi connectivity index (χ1) is 16.4. The Morgan fingerprint density at radius 1 is 1.24 bits per heavy atom. The monoisotopic (exact) mass is 472 g/mol. The molecule has 2 bridgehead atoms. The quantitative estimate of drug-likeness (QED) is 0.400. The molecule has 0 aliphatic carbocycles. The Morgan fingerprint density at radius 2 is 1.97 bits per heavy atom. The molecule has 2 amide bonds. The van der Waals surface area contributed by atoms with Crippen molar-refractivity contribution in [2.75, 3.05) is 19.8 Å². The van der Waals surface area contributed by atoms with Gasteiger partial charge in [-0.15, -0.1) is 0 Å². The van der Waals surface area contributed by atoms with Crippen LogP contribution in [-0.2, 0) is 23.9 Å². The Balaban J connectivity index is 1.81. The number of amides is 2. The molecule has 2 N–H and O–H groups in total. The highest BCUT2D eigenvalue weighted by molar-refractivity contribution is 5.98. The molecule has 8 nitrogen and oxygen atoms in total. The largest absolute Gasteiger partial charge is 0.466 e. The average Bonchev–Trinajstić information content (AvgIpc) is 3.45. The summed E-state index contributed by atoms with van der Waals surface area (Å²) in [7, 11) is 0. The van der Waals surface area contributed by atoms with Gasteiger partial charge in [-0.2, -0.15) is 0 Å². The number of carbonyl (C=O) groups is 3. The van der Waals surface area contributed by atoms with Gasteiger partial charge in [0.15, 0.2) is 0 Å². The van der Waals surface area contributed by atoms with Gasteiger partial charge in [0, 0.05) is 6.54 Å². The molecule has 8 heteroatoms. The van der Waals surface area contributed by atoms with Crippen molar-refractivity contribution in [3.63, 3.8) is 0 Å². The van der Waals surface area contributed by atoms with Crippen molar-refractivity contribution in [2.24, 2.45) is 11.8 Å². The predicted octanol–water partition coefficient (Wildman–Crippen LogP) is 2.35. The predicted molar refractivity (Wildman–Crippen MR) is 125 cm³/mol. The lowest BCUT2D eigenvalue weighted by atomic mass is 9.65. The second-order valence-electron chi connectivity index (χ2n) is 9.58. The highest BCUT2D eigenvalue weighted by Gasteiger charge is 2.79. The van der Waals surface area contributed by atoms with E-state index in [1.807, 2.05) is 44.2 Å². The lowest BCUT2D eigenvalue weighted by Gasteiger charge is -2.37. The van der Waals surface area contributed by atoms with E-state index in [0.717, 1.165) is 18.4 Å². The van der Waals surface area contributed by atoms with Gasteiger partial charge in [-0.05, 0) is 38.2 Å². The molecule has 0 radical (unpaired) electrons. The molecule has 1 aromatic rings. The van der Waals surface area contributed by atoms with Gasteiger partial charge in [0.2, 0.25) is 11.8 Å². The van der Waals surface area contributed by atoms with Crippen LogP contribution in [0.25, 0.3) is 0 Å². The average molecular weight is 473 g/mol. The second kappa shape index (κ2) is 9.66. The maximum Gasteiger partial charge on any atom is 0.312 e. The van der Waals surface area contributed by atoms with Crippen molar-refractivity contribution in [3.8, 4) is 0 Å². The summed E-state index contributed by atoms with van der Waals surface area (Å²) >= 11 is 0. The molecule has 3 aliphatic rings. The Bertz CT molecular complexity index is 923. The zero-order valence-corrected chi connectivity index (χ0v) is 20.3. The molecule has 3 fully saturated rings. The smallest absolute Gasteiger partial charge is 0.312 e. The molecule has 0 saturated carbocycles. The van der Waals surface area contributed by atoms with Crippen molar-refractivity contribution in [3.05, 3.63) is 35.9 Å². The van der Waals surface area contributed by atoms with Crippen LogP contribution in [0.15, 0.2) is 30.3 Å². The van der Waals surface area contributed by atoms with Crippen LogP contribution >= 0.6 is 0 Å². The number of aliphatic hydroxyl groups excluding tert-OH is 1. The van der Waals surface area contributed by atoms with Crippen LogP contribution in [-0.4, -0.2) is 64.8 Å². The van der Waals surface area contributed by atoms with Crippen LogP contribution in [0.2, 0.25) is 0 Å². The second-order valence-corrected chi connectivity index (χ2v) is 9.58. The zero-order valence-electron chi connectivity index (χ0n) is 20.3. The lowest BCUT2D eigenvalue weighted by molar-refractivity contribution is -0.162. The normalized spacial score (nSPS) is 32.5. The molecule has 0 aromatic heterocycles. The van der Waals surface area contributed by atoms with Crippen molar-refractivity contribution >= 4 is 17.8 Å². The number of ether oxygens (including phenoxy) is 2. The van der Waals surface area contributed by atoms with E-state index in [0.29, 0.717) is 25.8 Å². The summed E-state index contributed by atoms with van der Waals surface area (Å²) in [6.07, 6.45) is 3.37. The molecular weight excluding hydrogens is 436 g/mol. The fraction of sp³-hybridized carbons (Fsp3) is 0.654. The number of aliphatic hydroxyl groups is 1. The van der Waals surface area contributed by atoms with Gasteiger partial charge in [-0.25, -0.2) is 0 Å². The van der Waals surface area contributed by atoms with E-state index in [1.165, 1.54) is 4.90 Å². The minimum atomic E-state index is -1.12. The fourth-order valence-electron chi connectivity index (χ4n) is 6.40. The van der Waals surface area contributed by atoms with E-state index in [4.69, 9.17) is 9.47 Å². The Kier molecular flexibility index (Phi) is 7.01. The summed E-state index contributed by atoms with van der Waals surface area (Å²) in [6.45, 7) is 6.08. The van der Waals surface area contributed by atoms with E-state index < -0.39 is 41.1 Å². The van der Waals surface area contributed by atoms with Crippen LogP contribution in [0.3, 0.4) is 0 Å². The third kappa shape index (κ3) is 3.62. The Labute approximate surface area is 201 Å². The number of nitrogens with one attached hydrogen (secondary N) is 1. The molecule has 4 rings (SSSR count). The van der Waals surface area contributed by atoms with Crippen LogP contribution in [0.1, 0.15) is 64.5 Å². The van der Waals surface area contributed by atoms with Gasteiger partial charge in [0.05, 0.1) is 30.8 Å². The van der Waals surface area contributed by atoms with Crippen LogP contribution in [0, 0.1) is 11.8 Å². The van der Waals surface area contributed by atoms with Gasteiger partial charge >= 0.3 is 5.97 Å². The van der Waals surface area contributed by atoms with Crippen molar-refractivity contribution in [1.29, 1.82) is 0 Å². The summed E-state index contributed by atoms with van der Waals surface area (Å²) in [6, 6.07) is 7.54. The topological polar surface area (TPSA) is 105 Å². The highest BCUT2D eigenvalue weighted by Crippen LogP contribution is 2.65. The number of unbranched alkanes of at least 4 members (excludes halogenated alkanes) is 1. The summed E-state index contributed by atoms with van der Waals surface area (Å²) < 4.78 is 12.1. The molecule has 3 heterocycles. The van der Waals surface area contributed by atoms with Crippen molar-refractivity contribution in [1.82, 2.24) is 10.2 Å². The van der Waals surface area contributed by atoms with Crippen LogP contribution in [0.5, 0.6) is 0 Å². The minimum absolute atomic E-state index is 0.205. The standard InChI is InChI=1S/C26H36N2O6/c1-4-7-15-27-22(30)21-26-14-13-25(5-2,34-26)20(24(32)33-6-3)19(26)23(31)28(21)18(16-29)17-11-9-8-10-12-17/h8-12,18-21,29H,4-7,13-16H2,1-3H3,(H,27,30)/t18-,19+,20+,21?,25-,26?/m1/s1. The van der Waals surface area contributed by atoms with Gasteiger partial charge in [0.25, 0.3) is 0 Å². The van der Waals surface area contributed by atoms with Gasteiger partial charge < -0.3 is 24.8 Å². The van der Waals surface area contributed by atoms with Crippen molar-refractivity contribution < 1.29 is 29.0 Å².